The molecule has 8 heteroatoms. The standard InChI is InChI=1S/C18H23N3O4S/c1-4-13-5-7-14(8-6-13)19-18(23)21(9-10-24-2)11-16-20-15(12-26-16)17(22)25-3/h5-8,12H,4,9-11H2,1-3H3,(H,19,23). The van der Waals surface area contributed by atoms with Gasteiger partial charge in [-0.25, -0.2) is 14.6 Å². The smallest absolute Gasteiger partial charge is 0.357 e. The number of amides is 2. The largest absolute Gasteiger partial charge is 0.464 e. The summed E-state index contributed by atoms with van der Waals surface area (Å²) in [5.41, 5.74) is 2.18. The zero-order chi connectivity index (χ0) is 18.9. The molecule has 1 N–H and O–H groups in total. The molecule has 0 fully saturated rings. The van der Waals surface area contributed by atoms with E-state index in [9.17, 15) is 9.59 Å². The van der Waals surface area contributed by atoms with Gasteiger partial charge in [-0.15, -0.1) is 11.3 Å². The van der Waals surface area contributed by atoms with Crippen molar-refractivity contribution in [2.45, 2.75) is 19.9 Å². The third kappa shape index (κ3) is 5.53. The highest BCUT2D eigenvalue weighted by Crippen LogP contribution is 2.15. The van der Waals surface area contributed by atoms with E-state index in [0.717, 1.165) is 12.1 Å². The average molecular weight is 377 g/mol. The molecule has 1 aromatic heterocycles. The van der Waals surface area contributed by atoms with Crippen LogP contribution < -0.4 is 5.32 Å². The van der Waals surface area contributed by atoms with Gasteiger partial charge >= 0.3 is 12.0 Å². The van der Waals surface area contributed by atoms with Crippen LogP contribution in [0.5, 0.6) is 0 Å². The first kappa shape index (κ1) is 19.9. The van der Waals surface area contributed by atoms with Crippen molar-refractivity contribution in [2.75, 3.05) is 32.7 Å². The molecule has 0 bridgehead atoms. The molecular weight excluding hydrogens is 354 g/mol. The summed E-state index contributed by atoms with van der Waals surface area (Å²) >= 11 is 1.31. The fourth-order valence-electron chi connectivity index (χ4n) is 2.23. The number of methoxy groups -OCH3 is 2. The van der Waals surface area contributed by atoms with Crippen LogP contribution in [0.4, 0.5) is 10.5 Å². The normalized spacial score (nSPS) is 10.4. The summed E-state index contributed by atoms with van der Waals surface area (Å²) in [7, 11) is 2.89. The highest BCUT2D eigenvalue weighted by atomic mass is 32.1. The van der Waals surface area contributed by atoms with E-state index in [4.69, 9.17) is 4.74 Å². The van der Waals surface area contributed by atoms with Crippen molar-refractivity contribution in [1.82, 2.24) is 9.88 Å². The number of esters is 1. The van der Waals surface area contributed by atoms with Crippen LogP contribution in [0.3, 0.4) is 0 Å². The summed E-state index contributed by atoms with van der Waals surface area (Å²) in [5.74, 6) is -0.489. The minimum Gasteiger partial charge on any atom is -0.464 e. The van der Waals surface area contributed by atoms with Crippen molar-refractivity contribution in [3.63, 3.8) is 0 Å². The van der Waals surface area contributed by atoms with Crippen molar-refractivity contribution >= 4 is 29.0 Å². The molecule has 2 aromatic rings. The molecule has 1 aromatic carbocycles. The molecule has 1 heterocycles. The van der Waals surface area contributed by atoms with Crippen LogP contribution in [0.1, 0.15) is 28.0 Å². The van der Waals surface area contributed by atoms with Gasteiger partial charge in [0.2, 0.25) is 0 Å². The fourth-order valence-corrected chi connectivity index (χ4v) is 3.00. The van der Waals surface area contributed by atoms with Gasteiger partial charge in [0.15, 0.2) is 5.69 Å². The van der Waals surface area contributed by atoms with Gasteiger partial charge in [-0.05, 0) is 24.1 Å². The number of hydrogen-bond acceptors (Lipinski definition) is 6. The van der Waals surface area contributed by atoms with E-state index in [2.05, 4.69) is 22.0 Å². The maximum Gasteiger partial charge on any atom is 0.357 e. The minimum atomic E-state index is -0.489. The molecule has 0 saturated carbocycles. The second-order valence-corrected chi connectivity index (χ2v) is 6.46. The maximum absolute atomic E-state index is 12.6. The average Bonchev–Trinajstić information content (AvgIpc) is 3.13. The quantitative estimate of drug-likeness (QED) is 0.715. The molecule has 0 spiro atoms. The summed E-state index contributed by atoms with van der Waals surface area (Å²) in [6.07, 6.45) is 0.945. The number of urea groups is 1. The Morgan fingerprint density at radius 3 is 2.58 bits per heavy atom. The van der Waals surface area contributed by atoms with E-state index < -0.39 is 5.97 Å². The molecule has 7 nitrogen and oxygen atoms in total. The van der Waals surface area contributed by atoms with Gasteiger partial charge in [0.25, 0.3) is 0 Å². The van der Waals surface area contributed by atoms with Crippen LogP contribution in [0.2, 0.25) is 0 Å². The van der Waals surface area contributed by atoms with Gasteiger partial charge in [-0.3, -0.25) is 0 Å². The number of carbonyl (C=O) groups excluding carboxylic acids is 2. The zero-order valence-corrected chi connectivity index (χ0v) is 16.0. The third-order valence-electron chi connectivity index (χ3n) is 3.74. The second kappa shape index (κ2) is 9.88. The van der Waals surface area contributed by atoms with Crippen LogP contribution in [0, 0.1) is 0 Å². The molecule has 0 radical (unpaired) electrons. The van der Waals surface area contributed by atoms with Crippen LogP contribution in [0.15, 0.2) is 29.6 Å². The molecule has 0 aliphatic carbocycles. The van der Waals surface area contributed by atoms with Crippen molar-refractivity contribution < 1.29 is 19.1 Å². The van der Waals surface area contributed by atoms with Crippen LogP contribution >= 0.6 is 11.3 Å². The summed E-state index contributed by atoms with van der Waals surface area (Å²) in [6, 6.07) is 7.48. The Morgan fingerprint density at radius 2 is 1.96 bits per heavy atom. The Balaban J connectivity index is 2.05. The lowest BCUT2D eigenvalue weighted by Crippen LogP contribution is -2.36. The summed E-state index contributed by atoms with van der Waals surface area (Å²) in [5, 5.41) is 5.15. The van der Waals surface area contributed by atoms with E-state index in [0.29, 0.717) is 18.2 Å². The van der Waals surface area contributed by atoms with E-state index in [-0.39, 0.29) is 18.3 Å². The predicted octanol–water partition coefficient (Wildman–Crippen LogP) is 3.17. The Hall–Kier alpha value is -2.45. The van der Waals surface area contributed by atoms with Crippen molar-refractivity contribution in [3.05, 3.63) is 45.9 Å². The third-order valence-corrected chi connectivity index (χ3v) is 4.57. The second-order valence-electron chi connectivity index (χ2n) is 5.51. The Bertz CT molecular complexity index is 730. The molecule has 140 valence electrons. The van der Waals surface area contributed by atoms with Gasteiger partial charge in [0, 0.05) is 24.7 Å². The topological polar surface area (TPSA) is 80.8 Å². The van der Waals surface area contributed by atoms with E-state index in [1.54, 1.807) is 17.4 Å². The first-order valence-electron chi connectivity index (χ1n) is 8.23. The molecular formula is C18H23N3O4S. The number of anilines is 1. The number of rotatable bonds is 8. The lowest BCUT2D eigenvalue weighted by molar-refractivity contribution is 0.0594. The number of thiazole rings is 1. The van der Waals surface area contributed by atoms with Crippen LogP contribution in [-0.4, -0.2) is 49.3 Å². The minimum absolute atomic E-state index is 0.245. The van der Waals surface area contributed by atoms with E-state index in [1.165, 1.54) is 24.0 Å². The Kier molecular flexibility index (Phi) is 7.55. The number of aromatic nitrogens is 1. The summed E-state index contributed by atoms with van der Waals surface area (Å²) in [6.45, 7) is 3.17. The fraction of sp³-hybridized carbons (Fsp3) is 0.389. The van der Waals surface area contributed by atoms with E-state index >= 15 is 0 Å². The number of hydrogen-bond donors (Lipinski definition) is 1. The number of aryl methyl sites for hydroxylation is 1. The first-order chi connectivity index (χ1) is 12.6. The van der Waals surface area contributed by atoms with Crippen LogP contribution in [-0.2, 0) is 22.4 Å². The highest BCUT2D eigenvalue weighted by molar-refractivity contribution is 7.09. The summed E-state index contributed by atoms with van der Waals surface area (Å²) < 4.78 is 9.75. The SMILES string of the molecule is CCc1ccc(NC(=O)N(CCOC)Cc2nc(C(=O)OC)cs2)cc1. The van der Waals surface area contributed by atoms with Gasteiger partial charge in [-0.1, -0.05) is 19.1 Å². The molecule has 2 amide bonds. The lowest BCUT2D eigenvalue weighted by Gasteiger charge is -2.22. The molecule has 0 aliphatic rings. The van der Waals surface area contributed by atoms with Gasteiger partial charge in [-0.2, -0.15) is 0 Å². The molecule has 0 atom stereocenters. The van der Waals surface area contributed by atoms with E-state index in [1.807, 2.05) is 24.3 Å². The molecule has 2 rings (SSSR count). The number of benzene rings is 1. The van der Waals surface area contributed by atoms with Gasteiger partial charge < -0.3 is 19.7 Å². The van der Waals surface area contributed by atoms with Gasteiger partial charge in [0.05, 0.1) is 20.3 Å². The summed E-state index contributed by atoms with van der Waals surface area (Å²) in [4.78, 5) is 30.0. The molecule has 0 unspecified atom stereocenters. The predicted molar refractivity (Wildman–Crippen MR) is 101 cm³/mol. The lowest BCUT2D eigenvalue weighted by atomic mass is 10.1. The first-order valence-corrected chi connectivity index (χ1v) is 9.11. The Labute approximate surface area is 156 Å². The van der Waals surface area contributed by atoms with Crippen LogP contribution in [0.25, 0.3) is 0 Å². The van der Waals surface area contributed by atoms with Crippen molar-refractivity contribution in [3.8, 4) is 0 Å². The number of ether oxygens (including phenoxy) is 2. The van der Waals surface area contributed by atoms with Crippen molar-refractivity contribution in [2.24, 2.45) is 0 Å². The number of nitrogens with zero attached hydrogens (tertiary/aromatic N) is 2. The van der Waals surface area contributed by atoms with Gasteiger partial charge in [0.1, 0.15) is 5.01 Å². The Morgan fingerprint density at radius 1 is 1.23 bits per heavy atom. The maximum atomic E-state index is 12.6. The molecule has 0 saturated heterocycles. The monoisotopic (exact) mass is 377 g/mol. The molecule has 26 heavy (non-hydrogen) atoms. The molecule has 0 aliphatic heterocycles. The zero-order valence-electron chi connectivity index (χ0n) is 15.2. The number of carbonyl (C=O) groups is 2. The van der Waals surface area contributed by atoms with Crippen molar-refractivity contribution in [1.29, 1.82) is 0 Å². The number of nitrogens with one attached hydrogen (secondary N) is 1. The highest BCUT2D eigenvalue weighted by Gasteiger charge is 2.18.